The van der Waals surface area contributed by atoms with Gasteiger partial charge in [0, 0.05) is 29.7 Å². The molecule has 0 bridgehead atoms. The highest BCUT2D eigenvalue weighted by atomic mass is 79.9. The molecule has 4 N–H and O–H groups in total. The number of carbonyl (C=O) groups is 1. The first-order valence-corrected chi connectivity index (χ1v) is 7.41. The van der Waals surface area contributed by atoms with Crippen molar-refractivity contribution in [2.24, 2.45) is 10.7 Å². The van der Waals surface area contributed by atoms with E-state index in [0.29, 0.717) is 19.1 Å². The molecule has 21 heavy (non-hydrogen) atoms. The fraction of sp³-hybridized carbons (Fsp3) is 0.429. The number of nitrogens with zero attached hydrogens (tertiary/aromatic N) is 1. The lowest BCUT2D eigenvalue weighted by molar-refractivity contribution is -0.116. The van der Waals surface area contributed by atoms with Gasteiger partial charge in [0.2, 0.25) is 5.91 Å². The highest BCUT2D eigenvalue weighted by Crippen LogP contribution is 2.14. The van der Waals surface area contributed by atoms with E-state index in [1.807, 2.05) is 31.2 Å². The van der Waals surface area contributed by atoms with Crippen LogP contribution >= 0.6 is 15.9 Å². The average Bonchev–Trinajstić information content (AvgIpc) is 2.41. The zero-order valence-corrected chi connectivity index (χ0v) is 13.8. The Morgan fingerprint density at radius 2 is 2.10 bits per heavy atom. The molecular weight excluding hydrogens is 336 g/mol. The van der Waals surface area contributed by atoms with Crippen molar-refractivity contribution in [1.29, 1.82) is 0 Å². The van der Waals surface area contributed by atoms with Crippen LogP contribution in [0.2, 0.25) is 0 Å². The molecule has 7 heteroatoms. The maximum absolute atomic E-state index is 11.7. The SMILES string of the molecule is COCC(C)NC(N)=NCCC(=O)Nc1ccc(Br)cc1. The summed E-state index contributed by atoms with van der Waals surface area (Å²) in [4.78, 5) is 15.8. The summed E-state index contributed by atoms with van der Waals surface area (Å²) in [5.74, 6) is 0.217. The van der Waals surface area contributed by atoms with Crippen molar-refractivity contribution in [2.45, 2.75) is 19.4 Å². The summed E-state index contributed by atoms with van der Waals surface area (Å²) in [6.07, 6.45) is 0.275. The Balaban J connectivity index is 2.30. The first-order valence-electron chi connectivity index (χ1n) is 6.62. The number of rotatable bonds is 7. The second-order valence-electron chi connectivity index (χ2n) is 4.57. The second kappa shape index (κ2) is 9.36. The molecule has 6 nitrogen and oxygen atoms in total. The zero-order chi connectivity index (χ0) is 15.7. The minimum atomic E-state index is -0.0983. The van der Waals surface area contributed by atoms with Gasteiger partial charge in [-0.3, -0.25) is 9.79 Å². The number of methoxy groups -OCH3 is 1. The monoisotopic (exact) mass is 356 g/mol. The Labute approximate surface area is 133 Å². The smallest absolute Gasteiger partial charge is 0.226 e. The Bertz CT molecular complexity index is 476. The minimum Gasteiger partial charge on any atom is -0.383 e. The topological polar surface area (TPSA) is 88.7 Å². The molecule has 0 heterocycles. The summed E-state index contributed by atoms with van der Waals surface area (Å²) in [5, 5.41) is 5.77. The van der Waals surface area contributed by atoms with Gasteiger partial charge in [-0.15, -0.1) is 0 Å². The van der Waals surface area contributed by atoms with Crippen LogP contribution in [0.1, 0.15) is 13.3 Å². The number of hydrogen-bond donors (Lipinski definition) is 3. The van der Waals surface area contributed by atoms with E-state index in [9.17, 15) is 4.79 Å². The quantitative estimate of drug-likeness (QED) is 0.512. The molecule has 0 radical (unpaired) electrons. The fourth-order valence-corrected chi connectivity index (χ4v) is 1.89. The highest BCUT2D eigenvalue weighted by Gasteiger charge is 2.03. The van der Waals surface area contributed by atoms with E-state index in [1.165, 1.54) is 0 Å². The van der Waals surface area contributed by atoms with Crippen LogP contribution in [0.5, 0.6) is 0 Å². The molecule has 1 amide bonds. The number of halogens is 1. The standard InChI is InChI=1S/C14H21BrN4O2/c1-10(9-21-2)18-14(16)17-8-7-13(20)19-12-5-3-11(15)4-6-12/h3-6,10H,7-9H2,1-2H3,(H,19,20)(H3,16,17,18). The molecule has 1 aromatic carbocycles. The first kappa shape index (κ1) is 17.5. The van der Waals surface area contributed by atoms with Crippen molar-refractivity contribution in [1.82, 2.24) is 5.32 Å². The Morgan fingerprint density at radius 3 is 2.71 bits per heavy atom. The summed E-state index contributed by atoms with van der Waals surface area (Å²) < 4.78 is 5.95. The molecule has 1 atom stereocenters. The molecule has 0 aliphatic rings. The Morgan fingerprint density at radius 1 is 1.43 bits per heavy atom. The van der Waals surface area contributed by atoms with Crippen LogP contribution in [0.15, 0.2) is 33.7 Å². The largest absolute Gasteiger partial charge is 0.383 e. The van der Waals surface area contributed by atoms with Crippen molar-refractivity contribution in [3.05, 3.63) is 28.7 Å². The number of nitrogens with one attached hydrogen (secondary N) is 2. The van der Waals surface area contributed by atoms with Gasteiger partial charge >= 0.3 is 0 Å². The highest BCUT2D eigenvalue weighted by molar-refractivity contribution is 9.10. The van der Waals surface area contributed by atoms with Crippen molar-refractivity contribution >= 4 is 33.5 Å². The number of anilines is 1. The normalized spacial score (nSPS) is 12.8. The number of guanidine groups is 1. The number of benzene rings is 1. The van der Waals surface area contributed by atoms with E-state index in [0.717, 1.165) is 10.2 Å². The van der Waals surface area contributed by atoms with Gasteiger partial charge < -0.3 is 21.1 Å². The van der Waals surface area contributed by atoms with Gasteiger partial charge in [-0.25, -0.2) is 0 Å². The molecular formula is C14H21BrN4O2. The summed E-state index contributed by atoms with van der Waals surface area (Å²) in [7, 11) is 1.62. The maximum Gasteiger partial charge on any atom is 0.226 e. The summed E-state index contributed by atoms with van der Waals surface area (Å²) in [6.45, 7) is 2.81. The van der Waals surface area contributed by atoms with Crippen LogP contribution in [0, 0.1) is 0 Å². The first-order chi connectivity index (χ1) is 10.0. The van der Waals surface area contributed by atoms with Gasteiger partial charge in [0.05, 0.1) is 13.2 Å². The van der Waals surface area contributed by atoms with Gasteiger partial charge in [0.15, 0.2) is 5.96 Å². The summed E-state index contributed by atoms with van der Waals surface area (Å²) in [5.41, 5.74) is 6.46. The molecule has 0 saturated heterocycles. The Hall–Kier alpha value is -1.60. The predicted molar refractivity (Wildman–Crippen MR) is 88.4 cm³/mol. The molecule has 116 valence electrons. The summed E-state index contributed by atoms with van der Waals surface area (Å²) >= 11 is 3.34. The van der Waals surface area contributed by atoms with Crippen LogP contribution < -0.4 is 16.4 Å². The maximum atomic E-state index is 11.7. The molecule has 1 rings (SSSR count). The minimum absolute atomic E-state index is 0.0790. The number of nitrogens with two attached hydrogens (primary N) is 1. The van der Waals surface area contributed by atoms with Crippen LogP contribution in [-0.2, 0) is 9.53 Å². The van der Waals surface area contributed by atoms with Gasteiger partial charge in [-0.2, -0.15) is 0 Å². The van der Waals surface area contributed by atoms with Crippen molar-refractivity contribution in [3.63, 3.8) is 0 Å². The molecule has 0 saturated carbocycles. The lowest BCUT2D eigenvalue weighted by Crippen LogP contribution is -2.40. The van der Waals surface area contributed by atoms with E-state index in [1.54, 1.807) is 7.11 Å². The third-order valence-electron chi connectivity index (χ3n) is 2.56. The van der Waals surface area contributed by atoms with Gasteiger partial charge in [-0.1, -0.05) is 15.9 Å². The lowest BCUT2D eigenvalue weighted by atomic mass is 10.3. The third kappa shape index (κ3) is 7.67. The lowest BCUT2D eigenvalue weighted by Gasteiger charge is -2.12. The molecule has 0 aromatic heterocycles. The second-order valence-corrected chi connectivity index (χ2v) is 5.49. The van der Waals surface area contributed by atoms with Crippen LogP contribution in [0.25, 0.3) is 0 Å². The number of aliphatic imine (C=N–C) groups is 1. The number of amides is 1. The van der Waals surface area contributed by atoms with Gasteiger partial charge in [0.1, 0.15) is 0 Å². The van der Waals surface area contributed by atoms with Crippen LogP contribution in [0.3, 0.4) is 0 Å². The van der Waals surface area contributed by atoms with E-state index in [-0.39, 0.29) is 18.4 Å². The van der Waals surface area contributed by atoms with E-state index >= 15 is 0 Å². The van der Waals surface area contributed by atoms with Crippen molar-refractivity contribution in [3.8, 4) is 0 Å². The Kier molecular flexibility index (Phi) is 7.78. The number of ether oxygens (including phenoxy) is 1. The van der Waals surface area contributed by atoms with Crippen molar-refractivity contribution in [2.75, 3.05) is 25.6 Å². The van der Waals surface area contributed by atoms with Crippen LogP contribution in [0.4, 0.5) is 5.69 Å². The molecule has 0 aliphatic carbocycles. The summed E-state index contributed by atoms with van der Waals surface area (Å²) in [6, 6.07) is 7.47. The number of carbonyl (C=O) groups excluding carboxylic acids is 1. The van der Waals surface area contributed by atoms with E-state index in [4.69, 9.17) is 10.5 Å². The third-order valence-corrected chi connectivity index (χ3v) is 3.09. The zero-order valence-electron chi connectivity index (χ0n) is 12.2. The fourth-order valence-electron chi connectivity index (χ4n) is 1.62. The molecule has 1 aromatic rings. The molecule has 1 unspecified atom stereocenters. The van der Waals surface area contributed by atoms with Crippen molar-refractivity contribution < 1.29 is 9.53 Å². The number of hydrogen-bond acceptors (Lipinski definition) is 3. The van der Waals surface area contributed by atoms with Gasteiger partial charge in [0.25, 0.3) is 0 Å². The average molecular weight is 357 g/mol. The van der Waals surface area contributed by atoms with Gasteiger partial charge in [-0.05, 0) is 31.2 Å². The molecule has 0 fully saturated rings. The molecule has 0 aliphatic heterocycles. The van der Waals surface area contributed by atoms with E-state index < -0.39 is 0 Å². The molecule has 0 spiro atoms. The van der Waals surface area contributed by atoms with E-state index in [2.05, 4.69) is 31.6 Å². The van der Waals surface area contributed by atoms with Crippen LogP contribution in [-0.4, -0.2) is 38.2 Å². The predicted octanol–water partition coefficient (Wildman–Crippen LogP) is 1.72.